The molecule has 8 heteroatoms. The van der Waals surface area contributed by atoms with E-state index in [2.05, 4.69) is 0 Å². The molecule has 0 spiro atoms. The van der Waals surface area contributed by atoms with E-state index < -0.39 is 17.7 Å². The van der Waals surface area contributed by atoms with Crippen LogP contribution in [0.1, 0.15) is 39.9 Å². The molecule has 1 heterocycles. The topological polar surface area (TPSA) is 64.3 Å². The van der Waals surface area contributed by atoms with Crippen molar-refractivity contribution in [1.82, 2.24) is 9.78 Å². The molecule has 0 saturated carbocycles. The first kappa shape index (κ1) is 29.4. The summed E-state index contributed by atoms with van der Waals surface area (Å²) in [5.74, 6) is -0.124. The van der Waals surface area contributed by atoms with E-state index in [0.29, 0.717) is 36.6 Å². The fourth-order valence-corrected chi connectivity index (χ4v) is 4.49. The number of alkyl halides is 3. The molecule has 4 aromatic carbocycles. The van der Waals surface area contributed by atoms with Gasteiger partial charge in [0.2, 0.25) is 0 Å². The summed E-state index contributed by atoms with van der Waals surface area (Å²) in [7, 11) is 0. The number of halogens is 3. The van der Waals surface area contributed by atoms with Gasteiger partial charge in [0.25, 0.3) is 0 Å². The maximum atomic E-state index is 13.1. The third-order valence-electron chi connectivity index (χ3n) is 6.88. The number of aryl methyl sites for hydroxylation is 1. The van der Waals surface area contributed by atoms with E-state index in [0.717, 1.165) is 40.1 Å². The van der Waals surface area contributed by atoms with Crippen molar-refractivity contribution in [3.8, 4) is 17.0 Å². The number of ether oxygens (including phenoxy) is 1. The maximum Gasteiger partial charge on any atom is 0.416 e. The zero-order valence-corrected chi connectivity index (χ0v) is 23.2. The van der Waals surface area contributed by atoms with Crippen LogP contribution in [-0.2, 0) is 30.5 Å². The van der Waals surface area contributed by atoms with Gasteiger partial charge in [-0.2, -0.15) is 18.3 Å². The van der Waals surface area contributed by atoms with Gasteiger partial charge in [-0.1, -0.05) is 84.9 Å². The van der Waals surface area contributed by atoms with Crippen molar-refractivity contribution in [2.45, 2.75) is 32.2 Å². The van der Waals surface area contributed by atoms with Gasteiger partial charge in [0.15, 0.2) is 0 Å². The molecule has 0 saturated heterocycles. The van der Waals surface area contributed by atoms with Crippen LogP contribution in [0.3, 0.4) is 0 Å². The van der Waals surface area contributed by atoms with Crippen molar-refractivity contribution in [2.75, 3.05) is 0 Å². The number of carboxylic acids is 1. The quantitative estimate of drug-likeness (QED) is 0.170. The number of carbonyl (C=O) groups is 1. The minimum absolute atomic E-state index is 0.0895. The van der Waals surface area contributed by atoms with Crippen molar-refractivity contribution in [3.05, 3.63) is 143 Å². The van der Waals surface area contributed by atoms with E-state index in [1.54, 1.807) is 0 Å². The van der Waals surface area contributed by atoms with E-state index in [9.17, 15) is 18.0 Å². The largest absolute Gasteiger partial charge is 0.489 e. The molecule has 1 aromatic heterocycles. The van der Waals surface area contributed by atoms with Crippen molar-refractivity contribution < 1.29 is 27.8 Å². The molecule has 5 aromatic rings. The average molecular weight is 583 g/mol. The molecule has 0 aliphatic heterocycles. The van der Waals surface area contributed by atoms with Crippen molar-refractivity contribution in [1.29, 1.82) is 0 Å². The highest BCUT2D eigenvalue weighted by atomic mass is 19.4. The zero-order valence-electron chi connectivity index (χ0n) is 23.2. The summed E-state index contributed by atoms with van der Waals surface area (Å²) in [5.41, 5.74) is 5.25. The number of aromatic nitrogens is 2. The van der Waals surface area contributed by atoms with Gasteiger partial charge in [0.05, 0.1) is 23.5 Å². The monoisotopic (exact) mass is 582 g/mol. The van der Waals surface area contributed by atoms with Crippen molar-refractivity contribution in [3.63, 3.8) is 0 Å². The molecule has 1 N–H and O–H groups in total. The normalized spacial score (nSPS) is 11.6. The molecular weight excluding hydrogens is 553 g/mol. The summed E-state index contributed by atoms with van der Waals surface area (Å²) in [5, 5.41) is 13.6. The zero-order chi connectivity index (χ0) is 30.2. The van der Waals surface area contributed by atoms with E-state index in [4.69, 9.17) is 14.9 Å². The van der Waals surface area contributed by atoms with Crippen LogP contribution in [0.4, 0.5) is 13.2 Å². The first-order chi connectivity index (χ1) is 20.7. The molecule has 218 valence electrons. The number of nitrogens with zero attached hydrogens (tertiary/aromatic N) is 2. The molecule has 5 rings (SSSR count). The molecule has 0 unspecified atom stereocenters. The lowest BCUT2D eigenvalue weighted by molar-refractivity contribution is -0.138. The van der Waals surface area contributed by atoms with Crippen LogP contribution < -0.4 is 4.74 Å². The molecule has 0 aliphatic rings. The molecule has 0 aliphatic carbocycles. The van der Waals surface area contributed by atoms with Crippen LogP contribution in [0.25, 0.3) is 23.4 Å². The van der Waals surface area contributed by atoms with Crippen LogP contribution in [0.15, 0.2) is 109 Å². The van der Waals surface area contributed by atoms with Crippen LogP contribution in [0.5, 0.6) is 5.75 Å². The number of carboxylic acid groups (broad SMARTS) is 1. The minimum atomic E-state index is -4.40. The molecule has 0 fully saturated rings. The maximum absolute atomic E-state index is 13.1. The second-order valence-corrected chi connectivity index (χ2v) is 10.1. The molecule has 0 bridgehead atoms. The van der Waals surface area contributed by atoms with Crippen LogP contribution in [0.2, 0.25) is 0 Å². The fraction of sp³-hybridized carbons (Fsp3) is 0.143. The fourth-order valence-electron chi connectivity index (χ4n) is 4.49. The number of rotatable bonds is 11. The van der Waals surface area contributed by atoms with Gasteiger partial charge in [-0.05, 0) is 65.1 Å². The van der Waals surface area contributed by atoms with Gasteiger partial charge >= 0.3 is 12.1 Å². The van der Waals surface area contributed by atoms with Gasteiger partial charge in [0, 0.05) is 12.0 Å². The Labute approximate surface area is 247 Å². The lowest BCUT2D eigenvalue weighted by Crippen LogP contribution is -2.05. The highest BCUT2D eigenvalue weighted by Crippen LogP contribution is 2.31. The summed E-state index contributed by atoms with van der Waals surface area (Å²) in [6.07, 6.45) is 0.0933. The highest BCUT2D eigenvalue weighted by molar-refractivity contribution is 5.71. The average Bonchev–Trinajstić information content (AvgIpc) is 3.41. The van der Waals surface area contributed by atoms with E-state index in [1.807, 2.05) is 102 Å². The number of hydrogen-bond acceptors (Lipinski definition) is 3. The van der Waals surface area contributed by atoms with Gasteiger partial charge in [0.1, 0.15) is 12.4 Å². The van der Waals surface area contributed by atoms with Crippen LogP contribution >= 0.6 is 0 Å². The first-order valence-electron chi connectivity index (χ1n) is 13.7. The third kappa shape index (κ3) is 8.23. The summed E-state index contributed by atoms with van der Waals surface area (Å²) in [6, 6.07) is 32.1. The smallest absolute Gasteiger partial charge is 0.416 e. The van der Waals surface area contributed by atoms with E-state index in [-0.39, 0.29) is 6.42 Å². The van der Waals surface area contributed by atoms with Crippen molar-refractivity contribution >= 4 is 18.1 Å². The Kier molecular flexibility index (Phi) is 9.05. The molecule has 5 nitrogen and oxygen atoms in total. The Morgan fingerprint density at radius 1 is 0.814 bits per heavy atom. The number of benzene rings is 4. The standard InChI is InChI=1S/C35H29F3N2O3/c36-35(37,38)30-16-14-29(15-17-30)33-22-31(18-10-25-4-2-1-3-5-25)40(39-33)23-27-6-8-28(9-7-27)24-43-32-19-11-26(12-20-32)13-21-34(41)42/h1-12,14-20,22H,13,21,23-24H2,(H,41,42)/b18-10+. The Morgan fingerprint density at radius 2 is 1.47 bits per heavy atom. The predicted molar refractivity (Wildman–Crippen MR) is 160 cm³/mol. The summed E-state index contributed by atoms with van der Waals surface area (Å²) < 4.78 is 46.9. The second-order valence-electron chi connectivity index (χ2n) is 10.1. The van der Waals surface area contributed by atoms with Gasteiger partial charge < -0.3 is 9.84 Å². The molecular formula is C35H29F3N2O3. The van der Waals surface area contributed by atoms with Crippen molar-refractivity contribution in [2.24, 2.45) is 0 Å². The van der Waals surface area contributed by atoms with Gasteiger partial charge in [-0.15, -0.1) is 0 Å². The first-order valence-corrected chi connectivity index (χ1v) is 13.7. The molecule has 43 heavy (non-hydrogen) atoms. The van der Waals surface area contributed by atoms with Gasteiger partial charge in [-0.3, -0.25) is 9.48 Å². The van der Waals surface area contributed by atoms with Gasteiger partial charge in [-0.25, -0.2) is 0 Å². The minimum Gasteiger partial charge on any atom is -0.489 e. The molecule has 0 amide bonds. The summed E-state index contributed by atoms with van der Waals surface area (Å²) in [4.78, 5) is 10.8. The number of aliphatic carboxylic acids is 1. The summed E-state index contributed by atoms with van der Waals surface area (Å²) >= 11 is 0. The molecule has 0 atom stereocenters. The molecule has 0 radical (unpaired) electrons. The Hall–Kier alpha value is -5.11. The van der Waals surface area contributed by atoms with Crippen LogP contribution in [-0.4, -0.2) is 20.9 Å². The SMILES string of the molecule is O=C(O)CCc1ccc(OCc2ccc(Cn3nc(-c4ccc(C(F)(F)F)cc4)cc3/C=C/c3ccccc3)cc2)cc1. The Bertz CT molecular complexity index is 1670. The number of hydrogen-bond donors (Lipinski definition) is 1. The van der Waals surface area contributed by atoms with Crippen LogP contribution in [0, 0.1) is 0 Å². The second kappa shape index (κ2) is 13.2. The summed E-state index contributed by atoms with van der Waals surface area (Å²) in [6.45, 7) is 0.841. The predicted octanol–water partition coefficient (Wildman–Crippen LogP) is 8.38. The lowest BCUT2D eigenvalue weighted by atomic mass is 10.1. The Balaban J connectivity index is 1.29. The van der Waals surface area contributed by atoms with E-state index in [1.165, 1.54) is 12.1 Å². The lowest BCUT2D eigenvalue weighted by Gasteiger charge is -2.09. The third-order valence-corrected chi connectivity index (χ3v) is 6.88. The Morgan fingerprint density at radius 3 is 2.12 bits per heavy atom. The van der Waals surface area contributed by atoms with E-state index >= 15 is 0 Å². The highest BCUT2D eigenvalue weighted by Gasteiger charge is 2.30.